The molecule has 1 aromatic carbocycles. The van der Waals surface area contributed by atoms with Crippen LogP contribution in [0.3, 0.4) is 0 Å². The molecule has 0 amide bonds. The molecule has 4 nitrogen and oxygen atoms in total. The second kappa shape index (κ2) is 6.57. The highest BCUT2D eigenvalue weighted by molar-refractivity contribution is 6.11. The number of ether oxygens (including phenoxy) is 1. The van der Waals surface area contributed by atoms with Crippen molar-refractivity contribution in [2.75, 3.05) is 0 Å². The molecule has 4 heteroatoms. The van der Waals surface area contributed by atoms with E-state index < -0.39 is 6.10 Å². The van der Waals surface area contributed by atoms with Gasteiger partial charge in [0.05, 0.1) is 0 Å². The summed E-state index contributed by atoms with van der Waals surface area (Å²) in [6, 6.07) is 7.64. The van der Waals surface area contributed by atoms with E-state index in [0.717, 1.165) is 29.4 Å². The Morgan fingerprint density at radius 2 is 2.00 bits per heavy atom. The van der Waals surface area contributed by atoms with Gasteiger partial charge in [-0.05, 0) is 26.3 Å². The number of carbonyl (C=O) groups excluding carboxylic acids is 2. The van der Waals surface area contributed by atoms with Crippen LogP contribution in [0.1, 0.15) is 49.2 Å². The van der Waals surface area contributed by atoms with Crippen molar-refractivity contribution < 1.29 is 14.3 Å². The van der Waals surface area contributed by atoms with Gasteiger partial charge in [0.25, 0.3) is 0 Å². The molecule has 21 heavy (non-hydrogen) atoms. The minimum Gasteiger partial charge on any atom is -0.454 e. The lowest BCUT2D eigenvalue weighted by Crippen LogP contribution is -2.24. The largest absolute Gasteiger partial charge is 0.454 e. The average molecular weight is 287 g/mol. The summed E-state index contributed by atoms with van der Waals surface area (Å²) in [5.41, 5.74) is 2.34. The lowest BCUT2D eigenvalue weighted by atomic mass is 10.0. The Morgan fingerprint density at radius 3 is 2.71 bits per heavy atom. The van der Waals surface area contributed by atoms with Crippen molar-refractivity contribution in [1.82, 2.24) is 4.98 Å². The third-order valence-electron chi connectivity index (χ3n) is 3.55. The number of fused-ring (bicyclic) bond motifs is 1. The molecule has 1 N–H and O–H groups in total. The van der Waals surface area contributed by atoms with E-state index in [1.165, 1.54) is 0 Å². The highest BCUT2D eigenvalue weighted by atomic mass is 16.5. The molecule has 1 aromatic heterocycles. The van der Waals surface area contributed by atoms with E-state index in [9.17, 15) is 9.59 Å². The quantitative estimate of drug-likeness (QED) is 0.649. The zero-order valence-corrected chi connectivity index (χ0v) is 12.7. The first-order valence-corrected chi connectivity index (χ1v) is 7.35. The predicted octanol–water partition coefficient (Wildman–Crippen LogP) is 3.78. The number of benzene rings is 1. The van der Waals surface area contributed by atoms with E-state index in [2.05, 4.69) is 4.98 Å². The number of hydrogen-bond acceptors (Lipinski definition) is 3. The van der Waals surface area contributed by atoms with E-state index in [4.69, 9.17) is 4.74 Å². The minimum absolute atomic E-state index is 0.158. The number of rotatable bonds is 6. The van der Waals surface area contributed by atoms with Gasteiger partial charge in [0.15, 0.2) is 6.10 Å². The van der Waals surface area contributed by atoms with Crippen molar-refractivity contribution in [3.8, 4) is 0 Å². The molecule has 112 valence electrons. The van der Waals surface area contributed by atoms with Crippen LogP contribution in [0.4, 0.5) is 0 Å². The molecular weight excluding hydrogens is 266 g/mol. The molecule has 1 atom stereocenters. The molecule has 0 fully saturated rings. The van der Waals surface area contributed by atoms with Gasteiger partial charge in [-0.1, -0.05) is 31.5 Å². The Balaban J connectivity index is 2.18. The molecule has 0 radical (unpaired) electrons. The van der Waals surface area contributed by atoms with Crippen molar-refractivity contribution >= 4 is 22.7 Å². The molecule has 0 spiro atoms. The highest BCUT2D eigenvalue weighted by Crippen LogP contribution is 2.23. The number of aryl methyl sites for hydroxylation is 1. The molecule has 0 aliphatic heterocycles. The predicted molar refractivity (Wildman–Crippen MR) is 82.4 cm³/mol. The second-order valence-electron chi connectivity index (χ2n) is 5.27. The first-order chi connectivity index (χ1) is 10.0. The molecule has 0 unspecified atom stereocenters. The summed E-state index contributed by atoms with van der Waals surface area (Å²) in [6.45, 7) is 5.50. The number of aromatic amines is 1. The van der Waals surface area contributed by atoms with Gasteiger partial charge in [-0.15, -0.1) is 0 Å². The molecule has 0 bridgehead atoms. The molecule has 0 aliphatic rings. The number of carbonyl (C=O) groups is 2. The van der Waals surface area contributed by atoms with Crippen molar-refractivity contribution in [2.45, 2.75) is 46.1 Å². The van der Waals surface area contributed by atoms with Crippen LogP contribution in [0.5, 0.6) is 0 Å². The van der Waals surface area contributed by atoms with Crippen molar-refractivity contribution in [3.05, 3.63) is 35.5 Å². The van der Waals surface area contributed by atoms with Crippen LogP contribution in [0, 0.1) is 6.92 Å². The molecule has 0 saturated carbocycles. The van der Waals surface area contributed by atoms with Gasteiger partial charge >= 0.3 is 5.97 Å². The summed E-state index contributed by atoms with van der Waals surface area (Å²) < 4.78 is 5.24. The van der Waals surface area contributed by atoms with Gasteiger partial charge in [-0.3, -0.25) is 9.59 Å². The van der Waals surface area contributed by atoms with Crippen LogP contribution in [-0.2, 0) is 9.53 Å². The van der Waals surface area contributed by atoms with Crippen LogP contribution in [-0.4, -0.2) is 22.8 Å². The Morgan fingerprint density at radius 1 is 1.29 bits per heavy atom. The maximum atomic E-state index is 12.6. The van der Waals surface area contributed by atoms with Crippen LogP contribution in [0.2, 0.25) is 0 Å². The monoisotopic (exact) mass is 287 g/mol. The third kappa shape index (κ3) is 3.32. The van der Waals surface area contributed by atoms with Crippen molar-refractivity contribution in [2.24, 2.45) is 0 Å². The molecule has 0 aliphatic carbocycles. The van der Waals surface area contributed by atoms with Crippen molar-refractivity contribution in [1.29, 1.82) is 0 Å². The number of H-pyrrole nitrogens is 1. The highest BCUT2D eigenvalue weighted by Gasteiger charge is 2.24. The Kier molecular flexibility index (Phi) is 4.78. The molecular formula is C17H21NO3. The number of esters is 1. The summed E-state index contributed by atoms with van der Waals surface area (Å²) in [7, 11) is 0. The SMILES string of the molecule is CCCCC(=O)O[C@@H](C)C(=O)c1c(C)[nH]c2ccccc12. The molecule has 1 heterocycles. The van der Waals surface area contributed by atoms with Gasteiger partial charge in [0, 0.05) is 28.6 Å². The van der Waals surface area contributed by atoms with E-state index in [-0.39, 0.29) is 11.8 Å². The molecule has 2 aromatic rings. The topological polar surface area (TPSA) is 59.2 Å². The third-order valence-corrected chi connectivity index (χ3v) is 3.55. The average Bonchev–Trinajstić information content (AvgIpc) is 2.80. The number of aromatic nitrogens is 1. The molecule has 0 saturated heterocycles. The standard InChI is InChI=1S/C17H21NO3/c1-4-5-10-15(19)21-12(3)17(20)16-11(2)18-14-9-7-6-8-13(14)16/h6-9,12,18H,4-5,10H2,1-3H3/t12-/m0/s1. The van der Waals surface area contributed by atoms with Gasteiger partial charge in [0.2, 0.25) is 5.78 Å². The fourth-order valence-corrected chi connectivity index (χ4v) is 2.43. The first-order valence-electron chi connectivity index (χ1n) is 7.35. The maximum absolute atomic E-state index is 12.6. The van der Waals surface area contributed by atoms with Crippen LogP contribution >= 0.6 is 0 Å². The Labute approximate surface area is 124 Å². The van der Waals surface area contributed by atoms with E-state index >= 15 is 0 Å². The lowest BCUT2D eigenvalue weighted by molar-refractivity contribution is -0.146. The first kappa shape index (κ1) is 15.3. The Hall–Kier alpha value is -2.10. The number of hydrogen-bond donors (Lipinski definition) is 1. The smallest absolute Gasteiger partial charge is 0.306 e. The van der Waals surface area contributed by atoms with E-state index in [1.54, 1.807) is 6.92 Å². The van der Waals surface area contributed by atoms with Crippen LogP contribution < -0.4 is 0 Å². The number of Topliss-reactive ketones (excluding diaryl/α,β-unsaturated/α-hetero) is 1. The fraction of sp³-hybridized carbons (Fsp3) is 0.412. The minimum atomic E-state index is -0.757. The lowest BCUT2D eigenvalue weighted by Gasteiger charge is -2.12. The zero-order valence-electron chi connectivity index (χ0n) is 12.7. The Bertz CT molecular complexity index is 657. The summed E-state index contributed by atoms with van der Waals surface area (Å²) in [6.07, 6.45) is 1.32. The zero-order chi connectivity index (χ0) is 15.4. The van der Waals surface area contributed by atoms with Gasteiger partial charge in [0.1, 0.15) is 0 Å². The number of unbranched alkanes of at least 4 members (excludes halogenated alkanes) is 1. The summed E-state index contributed by atoms with van der Waals surface area (Å²) >= 11 is 0. The number of para-hydroxylation sites is 1. The maximum Gasteiger partial charge on any atom is 0.306 e. The van der Waals surface area contributed by atoms with E-state index in [0.29, 0.717) is 12.0 Å². The second-order valence-corrected chi connectivity index (χ2v) is 5.27. The van der Waals surface area contributed by atoms with Gasteiger partial charge in [-0.25, -0.2) is 0 Å². The van der Waals surface area contributed by atoms with Crippen molar-refractivity contribution in [3.63, 3.8) is 0 Å². The van der Waals surface area contributed by atoms with Crippen LogP contribution in [0.25, 0.3) is 10.9 Å². The summed E-state index contributed by atoms with van der Waals surface area (Å²) in [5.74, 6) is -0.468. The summed E-state index contributed by atoms with van der Waals surface area (Å²) in [5, 5.41) is 0.872. The number of nitrogens with one attached hydrogen (secondary N) is 1. The normalized spacial score (nSPS) is 12.3. The van der Waals surface area contributed by atoms with Crippen LogP contribution in [0.15, 0.2) is 24.3 Å². The number of ketones is 1. The van der Waals surface area contributed by atoms with Gasteiger partial charge in [-0.2, -0.15) is 0 Å². The summed E-state index contributed by atoms with van der Waals surface area (Å²) in [4.78, 5) is 27.4. The van der Waals surface area contributed by atoms with Gasteiger partial charge < -0.3 is 9.72 Å². The fourth-order valence-electron chi connectivity index (χ4n) is 2.43. The van der Waals surface area contributed by atoms with E-state index in [1.807, 2.05) is 38.1 Å². The molecule has 2 rings (SSSR count).